The second-order valence-electron chi connectivity index (χ2n) is 9.24. The standard InChI is InChI=1S/C28H28ClN3O3/c1-18-11-19(2)13-24(12-18)35-17-23(33)16-32-26-6-4-3-5-25(26)30-28(32)20-14-27(34)31(15-20)22-9-7-21(29)8-10-22/h3-13,20,23,33H,14-17H2,1-2H3/t20-,23-/m0/s1. The maximum absolute atomic E-state index is 12.9. The Morgan fingerprint density at radius 2 is 1.80 bits per heavy atom. The van der Waals surface area contributed by atoms with E-state index in [2.05, 4.69) is 6.07 Å². The third-order valence-electron chi connectivity index (χ3n) is 6.34. The van der Waals surface area contributed by atoms with Crippen LogP contribution < -0.4 is 9.64 Å². The number of ether oxygens (including phenoxy) is 1. The number of para-hydroxylation sites is 2. The zero-order valence-corrected chi connectivity index (χ0v) is 20.6. The van der Waals surface area contributed by atoms with Gasteiger partial charge in [-0.25, -0.2) is 4.98 Å². The highest BCUT2D eigenvalue weighted by Crippen LogP contribution is 2.33. The molecule has 7 heteroatoms. The van der Waals surface area contributed by atoms with Crippen LogP contribution in [0.2, 0.25) is 5.02 Å². The maximum atomic E-state index is 12.9. The number of carbonyl (C=O) groups excluding carboxylic acids is 1. The number of amides is 1. The number of imidazole rings is 1. The topological polar surface area (TPSA) is 67.6 Å². The second-order valence-corrected chi connectivity index (χ2v) is 9.68. The molecule has 1 N–H and O–H groups in total. The van der Waals surface area contributed by atoms with Gasteiger partial charge in [0.25, 0.3) is 0 Å². The Kier molecular flexibility index (Phi) is 6.50. The lowest BCUT2D eigenvalue weighted by Crippen LogP contribution is -2.26. The number of rotatable bonds is 7. The Balaban J connectivity index is 1.37. The molecule has 0 spiro atoms. The molecule has 0 unspecified atom stereocenters. The van der Waals surface area contributed by atoms with Crippen molar-refractivity contribution in [1.29, 1.82) is 0 Å². The number of hydrogen-bond acceptors (Lipinski definition) is 4. The van der Waals surface area contributed by atoms with Gasteiger partial charge in [0.1, 0.15) is 24.3 Å². The van der Waals surface area contributed by atoms with Gasteiger partial charge in [0.05, 0.1) is 17.6 Å². The van der Waals surface area contributed by atoms with E-state index in [1.54, 1.807) is 17.0 Å². The first kappa shape index (κ1) is 23.4. The molecule has 1 aromatic heterocycles. The van der Waals surface area contributed by atoms with Crippen molar-refractivity contribution in [3.8, 4) is 5.75 Å². The monoisotopic (exact) mass is 489 g/mol. The highest BCUT2D eigenvalue weighted by atomic mass is 35.5. The predicted molar refractivity (Wildman–Crippen MR) is 138 cm³/mol. The number of hydrogen-bond donors (Lipinski definition) is 1. The molecule has 0 radical (unpaired) electrons. The minimum atomic E-state index is -0.739. The summed E-state index contributed by atoms with van der Waals surface area (Å²) in [5, 5.41) is 11.5. The SMILES string of the molecule is Cc1cc(C)cc(OC[C@@H](O)Cn2c([C@H]3CC(=O)N(c4ccc(Cl)cc4)C3)nc3ccccc32)c1. The van der Waals surface area contributed by atoms with Crippen molar-refractivity contribution in [2.24, 2.45) is 0 Å². The van der Waals surface area contributed by atoms with Gasteiger partial charge in [-0.1, -0.05) is 29.8 Å². The van der Waals surface area contributed by atoms with Gasteiger partial charge < -0.3 is 19.3 Å². The van der Waals surface area contributed by atoms with Gasteiger partial charge in [0.2, 0.25) is 5.91 Å². The van der Waals surface area contributed by atoms with Crippen molar-refractivity contribution in [3.05, 3.63) is 88.7 Å². The molecular weight excluding hydrogens is 462 g/mol. The number of carbonyl (C=O) groups is 1. The number of aromatic nitrogens is 2. The van der Waals surface area contributed by atoms with Gasteiger partial charge in [-0.05, 0) is 73.5 Å². The van der Waals surface area contributed by atoms with Crippen LogP contribution in [0.3, 0.4) is 0 Å². The van der Waals surface area contributed by atoms with E-state index >= 15 is 0 Å². The van der Waals surface area contributed by atoms with Gasteiger partial charge in [-0.3, -0.25) is 4.79 Å². The Hall–Kier alpha value is -3.35. The lowest BCUT2D eigenvalue weighted by molar-refractivity contribution is -0.117. The molecule has 4 aromatic rings. The molecule has 1 saturated heterocycles. The highest BCUT2D eigenvalue weighted by Gasteiger charge is 2.35. The van der Waals surface area contributed by atoms with Crippen LogP contribution in [0.4, 0.5) is 5.69 Å². The van der Waals surface area contributed by atoms with Crippen molar-refractivity contribution in [3.63, 3.8) is 0 Å². The molecule has 5 rings (SSSR count). The second kappa shape index (κ2) is 9.72. The molecule has 0 bridgehead atoms. The van der Waals surface area contributed by atoms with E-state index in [1.165, 1.54) is 0 Å². The van der Waals surface area contributed by atoms with Crippen LogP contribution in [-0.2, 0) is 11.3 Å². The Morgan fingerprint density at radius 3 is 2.54 bits per heavy atom. The number of anilines is 1. The van der Waals surface area contributed by atoms with Crippen LogP contribution in [0.25, 0.3) is 11.0 Å². The normalized spacial score (nSPS) is 16.7. The average molecular weight is 490 g/mol. The highest BCUT2D eigenvalue weighted by molar-refractivity contribution is 6.30. The third kappa shape index (κ3) is 5.04. The molecular formula is C28H28ClN3O3. The molecule has 1 amide bonds. The summed E-state index contributed by atoms with van der Waals surface area (Å²) < 4.78 is 7.94. The number of nitrogens with zero attached hydrogens (tertiary/aromatic N) is 3. The minimum Gasteiger partial charge on any atom is -0.491 e. The van der Waals surface area contributed by atoms with Gasteiger partial charge in [0, 0.05) is 29.6 Å². The van der Waals surface area contributed by atoms with Gasteiger partial charge >= 0.3 is 0 Å². The number of aryl methyl sites for hydroxylation is 2. The van der Waals surface area contributed by atoms with E-state index in [9.17, 15) is 9.90 Å². The number of benzene rings is 3. The quantitative estimate of drug-likeness (QED) is 0.384. The van der Waals surface area contributed by atoms with Crippen LogP contribution in [0.1, 0.15) is 29.3 Å². The molecule has 180 valence electrons. The van der Waals surface area contributed by atoms with Crippen LogP contribution in [0.5, 0.6) is 5.75 Å². The zero-order valence-electron chi connectivity index (χ0n) is 19.8. The molecule has 1 aliphatic rings. The third-order valence-corrected chi connectivity index (χ3v) is 6.60. The first-order valence-corrected chi connectivity index (χ1v) is 12.2. The van der Waals surface area contributed by atoms with E-state index < -0.39 is 6.10 Å². The van der Waals surface area contributed by atoms with Crippen molar-refractivity contribution in [2.45, 2.75) is 38.8 Å². The fraction of sp³-hybridized carbons (Fsp3) is 0.286. The number of aliphatic hydroxyl groups is 1. The van der Waals surface area contributed by atoms with Crippen molar-refractivity contribution < 1.29 is 14.6 Å². The molecule has 6 nitrogen and oxygen atoms in total. The smallest absolute Gasteiger partial charge is 0.227 e. The lowest BCUT2D eigenvalue weighted by atomic mass is 10.1. The first-order chi connectivity index (χ1) is 16.9. The van der Waals surface area contributed by atoms with Gasteiger partial charge in [0.15, 0.2) is 0 Å². The molecule has 0 saturated carbocycles. The summed E-state index contributed by atoms with van der Waals surface area (Å²) in [6.45, 7) is 5.06. The number of fused-ring (bicyclic) bond motifs is 1. The van der Waals surface area contributed by atoms with E-state index in [1.807, 2.05) is 66.9 Å². The summed E-state index contributed by atoms with van der Waals surface area (Å²) in [5.41, 5.74) is 4.85. The number of halogens is 1. The number of aliphatic hydroxyl groups excluding tert-OH is 1. The van der Waals surface area contributed by atoms with E-state index in [-0.39, 0.29) is 18.4 Å². The molecule has 2 atom stereocenters. The van der Waals surface area contributed by atoms with Crippen molar-refractivity contribution in [1.82, 2.24) is 9.55 Å². The zero-order chi connectivity index (χ0) is 24.5. The summed E-state index contributed by atoms with van der Waals surface area (Å²) in [6, 6.07) is 21.2. The molecule has 1 aliphatic heterocycles. The van der Waals surface area contributed by atoms with Crippen molar-refractivity contribution in [2.75, 3.05) is 18.1 Å². The van der Waals surface area contributed by atoms with Crippen molar-refractivity contribution >= 4 is 34.2 Å². The Morgan fingerprint density at radius 1 is 1.09 bits per heavy atom. The fourth-order valence-corrected chi connectivity index (χ4v) is 4.95. The summed E-state index contributed by atoms with van der Waals surface area (Å²) in [7, 11) is 0. The van der Waals surface area contributed by atoms with Crippen LogP contribution in [0.15, 0.2) is 66.7 Å². The Bertz CT molecular complexity index is 1350. The van der Waals surface area contributed by atoms with E-state index in [4.69, 9.17) is 21.3 Å². The van der Waals surface area contributed by atoms with Crippen LogP contribution in [0, 0.1) is 13.8 Å². The maximum Gasteiger partial charge on any atom is 0.227 e. The fourth-order valence-electron chi connectivity index (χ4n) is 4.82. The summed E-state index contributed by atoms with van der Waals surface area (Å²) in [5.74, 6) is 1.52. The van der Waals surface area contributed by atoms with E-state index in [0.717, 1.165) is 39.4 Å². The average Bonchev–Trinajstić information content (AvgIpc) is 3.38. The molecule has 2 heterocycles. The predicted octanol–water partition coefficient (Wildman–Crippen LogP) is 5.27. The summed E-state index contributed by atoms with van der Waals surface area (Å²) >= 11 is 6.02. The first-order valence-electron chi connectivity index (χ1n) is 11.8. The molecule has 1 fully saturated rings. The largest absolute Gasteiger partial charge is 0.491 e. The lowest BCUT2D eigenvalue weighted by Gasteiger charge is -2.19. The molecule has 35 heavy (non-hydrogen) atoms. The molecule has 3 aromatic carbocycles. The minimum absolute atomic E-state index is 0.0506. The van der Waals surface area contributed by atoms with Gasteiger partial charge in [-0.2, -0.15) is 0 Å². The van der Waals surface area contributed by atoms with Gasteiger partial charge in [-0.15, -0.1) is 0 Å². The van der Waals surface area contributed by atoms with Crippen LogP contribution in [-0.4, -0.2) is 39.8 Å². The van der Waals surface area contributed by atoms with Crippen LogP contribution >= 0.6 is 11.6 Å². The summed E-state index contributed by atoms with van der Waals surface area (Å²) in [4.78, 5) is 19.6. The van der Waals surface area contributed by atoms with E-state index in [0.29, 0.717) is 24.5 Å². The summed E-state index contributed by atoms with van der Waals surface area (Å²) in [6.07, 6.45) is -0.377. The molecule has 0 aliphatic carbocycles. The Labute approximate surface area is 209 Å².